The Kier molecular flexibility index (Phi) is 47.2. The predicted octanol–water partition coefficient (Wildman–Crippen LogP) is 10.5. The molecule has 0 aliphatic heterocycles. The second-order valence-electron chi connectivity index (χ2n) is 8.82. The van der Waals surface area contributed by atoms with Gasteiger partial charge in [-0.25, -0.2) is 0 Å². The molecule has 0 spiro atoms. The Labute approximate surface area is 210 Å². The van der Waals surface area contributed by atoms with Gasteiger partial charge in [-0.2, -0.15) is 0 Å². The summed E-state index contributed by atoms with van der Waals surface area (Å²) in [5, 5.41) is 3.65. The molecule has 30 heavy (non-hydrogen) atoms. The van der Waals surface area contributed by atoms with Gasteiger partial charge in [-0.1, -0.05) is 142 Å². The van der Waals surface area contributed by atoms with Crippen LogP contribution >= 0.6 is 37.2 Å². The Morgan fingerprint density at radius 1 is 0.300 bits per heavy atom. The monoisotopic (exact) mass is 489 g/mol. The fourth-order valence-electron chi connectivity index (χ4n) is 3.95. The Morgan fingerprint density at radius 2 is 0.500 bits per heavy atom. The van der Waals surface area contributed by atoms with Gasteiger partial charge in [-0.05, 0) is 25.9 Å². The minimum absolute atomic E-state index is 0. The van der Waals surface area contributed by atoms with E-state index in [-0.39, 0.29) is 37.2 Å². The maximum atomic E-state index is 3.65. The van der Waals surface area contributed by atoms with Crippen LogP contribution in [0.1, 0.15) is 155 Å². The van der Waals surface area contributed by atoms with Crippen molar-refractivity contribution in [1.82, 2.24) is 5.32 Å². The molecule has 0 aliphatic carbocycles. The molecule has 0 aliphatic rings. The van der Waals surface area contributed by atoms with E-state index in [1.807, 2.05) is 0 Å². The molecule has 0 rings (SSSR count). The van der Waals surface area contributed by atoms with Gasteiger partial charge >= 0.3 is 0 Å². The SMILES string of the molecule is CCCCCCCCCCCCCCNCCCCCCCCCCCC.Cl.Cl.Cl. The maximum absolute atomic E-state index is 3.65. The normalized spacial score (nSPS) is 10.2. The highest BCUT2D eigenvalue weighted by Gasteiger charge is 1.95. The molecule has 188 valence electrons. The average Bonchev–Trinajstić information content (AvgIpc) is 2.68. The number of nitrogens with one attached hydrogen (secondary N) is 1. The molecule has 0 heterocycles. The Hall–Kier alpha value is 0.830. The van der Waals surface area contributed by atoms with Gasteiger partial charge in [0, 0.05) is 0 Å². The quantitative estimate of drug-likeness (QED) is 0.133. The van der Waals surface area contributed by atoms with Gasteiger partial charge in [0.1, 0.15) is 0 Å². The standard InChI is InChI=1S/C26H55N.3ClH/c1-3-5-7-9-11-13-15-16-18-20-22-24-26-27-25-23-21-19-17-14-12-10-8-6-4-2;;;/h27H,3-26H2,1-2H3;3*1H. The Balaban J connectivity index is -0.00000113. The van der Waals surface area contributed by atoms with Crippen molar-refractivity contribution in [3.8, 4) is 0 Å². The second kappa shape index (κ2) is 37.2. The molecular formula is C26H58Cl3N. The zero-order valence-electron chi connectivity index (χ0n) is 20.7. The highest BCUT2D eigenvalue weighted by atomic mass is 35.5. The van der Waals surface area contributed by atoms with Crippen molar-refractivity contribution >= 4 is 37.2 Å². The highest BCUT2D eigenvalue weighted by molar-refractivity contribution is 5.86. The zero-order valence-corrected chi connectivity index (χ0v) is 23.1. The van der Waals surface area contributed by atoms with Crippen LogP contribution in [0.3, 0.4) is 0 Å². The first-order valence-electron chi connectivity index (χ1n) is 13.1. The van der Waals surface area contributed by atoms with E-state index in [0.717, 1.165) is 0 Å². The molecule has 0 bridgehead atoms. The van der Waals surface area contributed by atoms with Gasteiger partial charge in [0.15, 0.2) is 0 Å². The lowest BCUT2D eigenvalue weighted by Crippen LogP contribution is -2.16. The van der Waals surface area contributed by atoms with Gasteiger partial charge in [-0.3, -0.25) is 0 Å². The van der Waals surface area contributed by atoms with E-state index in [4.69, 9.17) is 0 Å². The lowest BCUT2D eigenvalue weighted by atomic mass is 10.1. The summed E-state index contributed by atoms with van der Waals surface area (Å²) in [4.78, 5) is 0. The second-order valence-corrected chi connectivity index (χ2v) is 8.82. The van der Waals surface area contributed by atoms with Crippen LogP contribution in [0, 0.1) is 0 Å². The molecule has 0 aromatic carbocycles. The van der Waals surface area contributed by atoms with E-state index in [9.17, 15) is 0 Å². The fraction of sp³-hybridized carbons (Fsp3) is 1.00. The number of rotatable bonds is 24. The first-order valence-corrected chi connectivity index (χ1v) is 13.1. The van der Waals surface area contributed by atoms with Crippen LogP contribution in [-0.2, 0) is 0 Å². The molecule has 0 saturated carbocycles. The minimum atomic E-state index is 0. The summed E-state index contributed by atoms with van der Waals surface area (Å²) >= 11 is 0. The first kappa shape index (κ1) is 38.1. The molecule has 4 heteroatoms. The van der Waals surface area contributed by atoms with Crippen molar-refractivity contribution in [2.75, 3.05) is 13.1 Å². The zero-order chi connectivity index (χ0) is 19.7. The van der Waals surface area contributed by atoms with Crippen LogP contribution in [0.2, 0.25) is 0 Å². The van der Waals surface area contributed by atoms with Crippen molar-refractivity contribution in [3.05, 3.63) is 0 Å². The van der Waals surface area contributed by atoms with Crippen LogP contribution < -0.4 is 5.32 Å². The van der Waals surface area contributed by atoms with E-state index in [1.165, 1.54) is 154 Å². The summed E-state index contributed by atoms with van der Waals surface area (Å²) < 4.78 is 0. The van der Waals surface area contributed by atoms with Crippen LogP contribution in [-0.4, -0.2) is 13.1 Å². The average molecular weight is 491 g/mol. The van der Waals surface area contributed by atoms with Gasteiger partial charge in [-0.15, -0.1) is 37.2 Å². The summed E-state index contributed by atoms with van der Waals surface area (Å²) in [6.45, 7) is 7.09. The lowest BCUT2D eigenvalue weighted by molar-refractivity contribution is 0.523. The highest BCUT2D eigenvalue weighted by Crippen LogP contribution is 2.12. The van der Waals surface area contributed by atoms with E-state index < -0.39 is 0 Å². The lowest BCUT2D eigenvalue weighted by Gasteiger charge is -2.06. The number of unbranched alkanes of at least 4 members (excludes halogenated alkanes) is 20. The van der Waals surface area contributed by atoms with Gasteiger partial charge in [0.25, 0.3) is 0 Å². The summed E-state index contributed by atoms with van der Waals surface area (Å²) in [7, 11) is 0. The summed E-state index contributed by atoms with van der Waals surface area (Å²) in [5.74, 6) is 0. The van der Waals surface area contributed by atoms with Crippen LogP contribution in [0.5, 0.6) is 0 Å². The third-order valence-corrected chi connectivity index (χ3v) is 5.91. The molecule has 1 nitrogen and oxygen atoms in total. The van der Waals surface area contributed by atoms with Crippen molar-refractivity contribution in [2.45, 2.75) is 155 Å². The molecule has 0 fully saturated rings. The fourth-order valence-corrected chi connectivity index (χ4v) is 3.95. The molecule has 1 N–H and O–H groups in total. The number of halogens is 3. The van der Waals surface area contributed by atoms with Gasteiger partial charge in [0.2, 0.25) is 0 Å². The van der Waals surface area contributed by atoms with E-state index >= 15 is 0 Å². The largest absolute Gasteiger partial charge is 0.317 e. The molecule has 0 unspecified atom stereocenters. The van der Waals surface area contributed by atoms with E-state index in [1.54, 1.807) is 0 Å². The molecular weight excluding hydrogens is 433 g/mol. The molecule has 0 aromatic heterocycles. The van der Waals surface area contributed by atoms with Crippen molar-refractivity contribution < 1.29 is 0 Å². The summed E-state index contributed by atoms with van der Waals surface area (Å²) in [6.07, 6.45) is 31.8. The van der Waals surface area contributed by atoms with Crippen LogP contribution in [0.4, 0.5) is 0 Å². The topological polar surface area (TPSA) is 12.0 Å². The number of hydrogen-bond donors (Lipinski definition) is 1. The smallest absolute Gasteiger partial charge is 0.00489 e. The minimum Gasteiger partial charge on any atom is -0.317 e. The van der Waals surface area contributed by atoms with E-state index in [0.29, 0.717) is 0 Å². The third-order valence-electron chi connectivity index (χ3n) is 5.91. The predicted molar refractivity (Wildman–Crippen MR) is 148 cm³/mol. The van der Waals surface area contributed by atoms with Crippen molar-refractivity contribution in [3.63, 3.8) is 0 Å². The number of hydrogen-bond acceptors (Lipinski definition) is 1. The van der Waals surface area contributed by atoms with Crippen molar-refractivity contribution in [1.29, 1.82) is 0 Å². The van der Waals surface area contributed by atoms with Gasteiger partial charge in [0.05, 0.1) is 0 Å². The maximum Gasteiger partial charge on any atom is -0.00489 e. The van der Waals surface area contributed by atoms with Crippen molar-refractivity contribution in [2.24, 2.45) is 0 Å². The molecule has 0 saturated heterocycles. The molecule has 0 atom stereocenters. The Morgan fingerprint density at radius 3 is 0.733 bits per heavy atom. The van der Waals surface area contributed by atoms with Crippen LogP contribution in [0.25, 0.3) is 0 Å². The molecule has 0 amide bonds. The Bertz CT molecular complexity index is 228. The summed E-state index contributed by atoms with van der Waals surface area (Å²) in [5.41, 5.74) is 0. The van der Waals surface area contributed by atoms with Crippen LogP contribution in [0.15, 0.2) is 0 Å². The molecule has 0 radical (unpaired) electrons. The molecule has 0 aromatic rings. The summed E-state index contributed by atoms with van der Waals surface area (Å²) in [6, 6.07) is 0. The first-order chi connectivity index (χ1) is 13.4. The van der Waals surface area contributed by atoms with Gasteiger partial charge < -0.3 is 5.32 Å². The van der Waals surface area contributed by atoms with E-state index in [2.05, 4.69) is 19.2 Å². The third kappa shape index (κ3) is 36.2.